The summed E-state index contributed by atoms with van der Waals surface area (Å²) in [5, 5.41) is 7.06. The average Bonchev–Trinajstić information content (AvgIpc) is 3.02. The van der Waals surface area contributed by atoms with Crippen molar-refractivity contribution in [3.8, 4) is 0 Å². The molecule has 2 aliphatic heterocycles. The van der Waals surface area contributed by atoms with Gasteiger partial charge in [-0.2, -0.15) is 0 Å². The molecule has 2 unspecified atom stereocenters. The van der Waals surface area contributed by atoms with Crippen molar-refractivity contribution in [2.75, 3.05) is 52.5 Å². The van der Waals surface area contributed by atoms with E-state index in [9.17, 15) is 0 Å². The molecule has 0 bridgehead atoms. The van der Waals surface area contributed by atoms with Crippen molar-refractivity contribution in [2.24, 2.45) is 4.99 Å². The van der Waals surface area contributed by atoms with Crippen molar-refractivity contribution < 1.29 is 4.74 Å². The van der Waals surface area contributed by atoms with Crippen LogP contribution < -0.4 is 10.6 Å². The van der Waals surface area contributed by atoms with Gasteiger partial charge in [0.2, 0.25) is 0 Å². The highest BCUT2D eigenvalue weighted by Crippen LogP contribution is 2.20. The quantitative estimate of drug-likeness (QED) is 0.341. The molecular weight excluding hydrogens is 465 g/mol. The first kappa shape index (κ1) is 23.4. The van der Waals surface area contributed by atoms with E-state index in [-0.39, 0.29) is 24.0 Å². The van der Waals surface area contributed by atoms with Crippen LogP contribution in [0.15, 0.2) is 35.3 Å². The molecule has 7 heteroatoms. The number of likely N-dealkylation sites (tertiary alicyclic amines) is 1. The van der Waals surface area contributed by atoms with Gasteiger partial charge in [-0.05, 0) is 25.8 Å². The van der Waals surface area contributed by atoms with E-state index in [1.807, 2.05) is 0 Å². The number of benzene rings is 1. The predicted octanol–water partition coefficient (Wildman–Crippen LogP) is 2.15. The van der Waals surface area contributed by atoms with Gasteiger partial charge < -0.3 is 15.4 Å². The molecule has 0 saturated carbocycles. The van der Waals surface area contributed by atoms with Crippen LogP contribution in [0.1, 0.15) is 25.8 Å². The van der Waals surface area contributed by atoms with Gasteiger partial charge >= 0.3 is 0 Å². The second kappa shape index (κ2) is 12.6. The van der Waals surface area contributed by atoms with Crippen molar-refractivity contribution in [3.63, 3.8) is 0 Å². The van der Waals surface area contributed by atoms with Crippen LogP contribution in [0.5, 0.6) is 0 Å². The van der Waals surface area contributed by atoms with Crippen molar-refractivity contribution in [3.05, 3.63) is 35.9 Å². The molecule has 2 N–H and O–H groups in total. The molecule has 0 radical (unpaired) electrons. The Morgan fingerprint density at radius 3 is 2.68 bits per heavy atom. The van der Waals surface area contributed by atoms with E-state index >= 15 is 0 Å². The molecule has 2 saturated heterocycles. The van der Waals surface area contributed by atoms with Crippen molar-refractivity contribution in [2.45, 2.75) is 38.9 Å². The Labute approximate surface area is 187 Å². The SMILES string of the molecule is CCNC(=NCCN1CCOCC1)NC1CC(C)N(Cc2ccccc2)C1.I. The molecule has 0 amide bonds. The summed E-state index contributed by atoms with van der Waals surface area (Å²) >= 11 is 0. The monoisotopic (exact) mass is 501 g/mol. The number of ether oxygens (including phenoxy) is 1. The summed E-state index contributed by atoms with van der Waals surface area (Å²) < 4.78 is 5.41. The summed E-state index contributed by atoms with van der Waals surface area (Å²) in [5.41, 5.74) is 1.39. The lowest BCUT2D eigenvalue weighted by Gasteiger charge is -2.26. The third-order valence-electron chi connectivity index (χ3n) is 5.41. The third-order valence-corrected chi connectivity index (χ3v) is 5.41. The van der Waals surface area contributed by atoms with Crippen molar-refractivity contribution in [1.82, 2.24) is 20.4 Å². The van der Waals surface area contributed by atoms with E-state index in [2.05, 4.69) is 64.6 Å². The molecule has 2 fully saturated rings. The van der Waals surface area contributed by atoms with Crippen LogP contribution in [0, 0.1) is 0 Å². The topological polar surface area (TPSA) is 52.1 Å². The zero-order valence-electron chi connectivity index (χ0n) is 17.3. The van der Waals surface area contributed by atoms with E-state index < -0.39 is 0 Å². The zero-order valence-corrected chi connectivity index (χ0v) is 19.6. The molecule has 0 aliphatic carbocycles. The van der Waals surface area contributed by atoms with Gasteiger partial charge in [0.05, 0.1) is 19.8 Å². The van der Waals surface area contributed by atoms with E-state index in [4.69, 9.17) is 9.73 Å². The number of aliphatic imine (C=N–C) groups is 1. The molecule has 2 atom stereocenters. The number of guanidine groups is 1. The van der Waals surface area contributed by atoms with Crippen LogP contribution >= 0.6 is 24.0 Å². The largest absolute Gasteiger partial charge is 0.379 e. The Kier molecular flexibility index (Phi) is 10.5. The maximum absolute atomic E-state index is 5.41. The van der Waals surface area contributed by atoms with E-state index in [1.165, 1.54) is 5.56 Å². The Morgan fingerprint density at radius 2 is 1.96 bits per heavy atom. The minimum Gasteiger partial charge on any atom is -0.379 e. The highest BCUT2D eigenvalue weighted by atomic mass is 127. The zero-order chi connectivity index (χ0) is 18.9. The fourth-order valence-electron chi connectivity index (χ4n) is 3.88. The Bertz CT molecular complexity index is 579. The van der Waals surface area contributed by atoms with Gasteiger partial charge in [-0.25, -0.2) is 0 Å². The number of halogens is 1. The summed E-state index contributed by atoms with van der Waals surface area (Å²) in [6.45, 7) is 13.0. The highest BCUT2D eigenvalue weighted by molar-refractivity contribution is 14.0. The standard InChI is InChI=1S/C21H35N5O.HI/c1-3-22-21(23-9-10-25-11-13-27-14-12-25)24-20-15-18(2)26(17-20)16-19-7-5-4-6-8-19;/h4-8,18,20H,3,9-17H2,1-2H3,(H2,22,23,24);1H. The number of hydrogen-bond donors (Lipinski definition) is 2. The summed E-state index contributed by atoms with van der Waals surface area (Å²) in [5.74, 6) is 0.949. The smallest absolute Gasteiger partial charge is 0.191 e. The van der Waals surface area contributed by atoms with Gasteiger partial charge in [-0.1, -0.05) is 30.3 Å². The third kappa shape index (κ3) is 7.50. The Hall–Kier alpha value is -0.900. The maximum Gasteiger partial charge on any atom is 0.191 e. The first-order valence-corrected chi connectivity index (χ1v) is 10.4. The number of hydrogen-bond acceptors (Lipinski definition) is 4. The van der Waals surface area contributed by atoms with Crippen molar-refractivity contribution in [1.29, 1.82) is 0 Å². The number of nitrogens with zero attached hydrogens (tertiary/aromatic N) is 3. The summed E-state index contributed by atoms with van der Waals surface area (Å²) in [7, 11) is 0. The van der Waals surface area contributed by atoms with E-state index in [1.54, 1.807) is 0 Å². The summed E-state index contributed by atoms with van der Waals surface area (Å²) in [4.78, 5) is 9.78. The average molecular weight is 501 g/mol. The first-order chi connectivity index (χ1) is 13.2. The van der Waals surface area contributed by atoms with Crippen LogP contribution in [0.25, 0.3) is 0 Å². The molecule has 0 spiro atoms. The number of morpholine rings is 1. The molecule has 3 rings (SSSR count). The van der Waals surface area contributed by atoms with Gasteiger partial charge in [0.25, 0.3) is 0 Å². The molecule has 0 aromatic heterocycles. The summed E-state index contributed by atoms with van der Waals surface area (Å²) in [6, 6.07) is 11.8. The Morgan fingerprint density at radius 1 is 1.21 bits per heavy atom. The molecule has 28 heavy (non-hydrogen) atoms. The molecule has 158 valence electrons. The van der Waals surface area contributed by atoms with Crippen LogP contribution in [0.3, 0.4) is 0 Å². The second-order valence-electron chi connectivity index (χ2n) is 7.56. The minimum absolute atomic E-state index is 0. The maximum atomic E-state index is 5.41. The van der Waals surface area contributed by atoms with Crippen LogP contribution in [0.2, 0.25) is 0 Å². The first-order valence-electron chi connectivity index (χ1n) is 10.4. The van der Waals surface area contributed by atoms with Gasteiger partial charge in [-0.3, -0.25) is 14.8 Å². The molecular formula is C21H36IN5O. The van der Waals surface area contributed by atoms with Gasteiger partial charge in [-0.15, -0.1) is 24.0 Å². The molecule has 2 aliphatic rings. The minimum atomic E-state index is 0. The van der Waals surface area contributed by atoms with Crippen LogP contribution in [0.4, 0.5) is 0 Å². The van der Waals surface area contributed by atoms with Crippen LogP contribution in [-0.4, -0.2) is 80.3 Å². The highest BCUT2D eigenvalue weighted by Gasteiger charge is 2.29. The predicted molar refractivity (Wildman–Crippen MR) is 127 cm³/mol. The van der Waals surface area contributed by atoms with Crippen molar-refractivity contribution >= 4 is 29.9 Å². The molecule has 6 nitrogen and oxygen atoms in total. The van der Waals surface area contributed by atoms with Gasteiger partial charge in [0.15, 0.2) is 5.96 Å². The fourth-order valence-corrected chi connectivity index (χ4v) is 3.88. The molecule has 2 heterocycles. The molecule has 1 aromatic rings. The van der Waals surface area contributed by atoms with E-state index in [0.717, 1.165) is 71.4 Å². The van der Waals surface area contributed by atoms with Gasteiger partial charge in [0.1, 0.15) is 0 Å². The van der Waals surface area contributed by atoms with E-state index in [0.29, 0.717) is 12.1 Å². The molecule has 1 aromatic carbocycles. The van der Waals surface area contributed by atoms with Crippen LogP contribution in [-0.2, 0) is 11.3 Å². The lowest BCUT2D eigenvalue weighted by molar-refractivity contribution is 0.0394. The lowest BCUT2D eigenvalue weighted by Crippen LogP contribution is -2.45. The number of nitrogens with one attached hydrogen (secondary N) is 2. The number of rotatable bonds is 7. The fraction of sp³-hybridized carbons (Fsp3) is 0.667. The lowest BCUT2D eigenvalue weighted by atomic mass is 10.2. The Balaban J connectivity index is 0.00000280. The second-order valence-corrected chi connectivity index (χ2v) is 7.56. The normalized spacial score (nSPS) is 24.0. The summed E-state index contributed by atoms with van der Waals surface area (Å²) in [6.07, 6.45) is 1.15. The van der Waals surface area contributed by atoms with Gasteiger partial charge in [0, 0.05) is 51.4 Å².